The van der Waals surface area contributed by atoms with E-state index in [1.54, 1.807) is 11.8 Å². The molecule has 1 amide bonds. The molecule has 1 heterocycles. The van der Waals surface area contributed by atoms with Crippen LogP contribution in [-0.4, -0.2) is 178 Å². The molecule has 74 heavy (non-hydrogen) atoms. The molecule has 0 aromatic heterocycles. The Hall–Kier alpha value is -2.75. The van der Waals surface area contributed by atoms with Crippen LogP contribution >= 0.6 is 0 Å². The number of aliphatic hydroxyl groups is 8. The highest BCUT2D eigenvalue weighted by molar-refractivity contribution is 5.70. The number of amides is 1. The Morgan fingerprint density at radius 2 is 1.04 bits per heavy atom. The summed E-state index contributed by atoms with van der Waals surface area (Å²) in [6.07, 6.45) is 21.6. The van der Waals surface area contributed by atoms with Crippen molar-refractivity contribution in [1.82, 2.24) is 10.2 Å². The van der Waals surface area contributed by atoms with E-state index >= 15 is 0 Å². The minimum absolute atomic E-state index is 0.00317. The first-order valence-electron chi connectivity index (χ1n) is 28.7. The summed E-state index contributed by atoms with van der Waals surface area (Å²) in [4.78, 5) is 40.1. The van der Waals surface area contributed by atoms with Crippen LogP contribution < -0.4 is 5.32 Å². The Morgan fingerprint density at radius 3 is 1.47 bits per heavy atom. The predicted octanol–water partition coefficient (Wildman–Crippen LogP) is 6.82. The standard InChI is InChI=1S/C56H104N2O16/c1-4-7-9-11-13-15-17-19-21-23-25-27-29-31-33-35-48(63)70-42-44(43-71-49(64)36-34-32-30-28-26-24-22-20-18-16-14-12-10-8-5-2)72-56(69)57-37-38-58(6-3)39-45(61)50(65)54(46(62)40-59)74-55-53(68)52(67)51(66)47(41-60)73-55/h19-22,44-47,50-55,59-62,65-68H,4-18,23-43H2,1-3H3,(H,57,69)/b21-19-,22-20-/t45-,46+,47+,50+,51-,52-,53+,54+,55-/m0/s1. The lowest BCUT2D eigenvalue weighted by Crippen LogP contribution is -2.61. The highest BCUT2D eigenvalue weighted by Gasteiger charge is 2.47. The molecule has 9 atom stereocenters. The number of allylic oxidation sites excluding steroid dienone is 4. The third-order valence-electron chi connectivity index (χ3n) is 13.4. The molecule has 1 aliphatic heterocycles. The molecule has 0 saturated carbocycles. The molecular weight excluding hydrogens is 957 g/mol. The van der Waals surface area contributed by atoms with Crippen molar-refractivity contribution in [3.05, 3.63) is 24.3 Å². The number of likely N-dealkylation sites (N-methyl/N-ethyl adjacent to an activating group) is 1. The van der Waals surface area contributed by atoms with Crippen molar-refractivity contribution in [2.75, 3.05) is 52.6 Å². The molecule has 18 heteroatoms. The molecule has 434 valence electrons. The van der Waals surface area contributed by atoms with Crippen molar-refractivity contribution in [2.45, 2.75) is 262 Å². The summed E-state index contributed by atoms with van der Waals surface area (Å²) in [6.45, 7) is 4.16. The highest BCUT2D eigenvalue weighted by Crippen LogP contribution is 2.25. The van der Waals surface area contributed by atoms with E-state index in [2.05, 4.69) is 43.5 Å². The molecule has 0 aliphatic carbocycles. The molecule has 0 unspecified atom stereocenters. The van der Waals surface area contributed by atoms with E-state index in [1.807, 2.05) is 0 Å². The summed E-state index contributed by atoms with van der Waals surface area (Å²) < 4.78 is 27.4. The summed E-state index contributed by atoms with van der Waals surface area (Å²) in [6, 6.07) is 0. The van der Waals surface area contributed by atoms with E-state index in [0.29, 0.717) is 19.4 Å². The third kappa shape index (κ3) is 34.1. The Bertz CT molecular complexity index is 1370. The average molecular weight is 1060 g/mol. The van der Waals surface area contributed by atoms with Gasteiger partial charge in [-0.1, -0.05) is 148 Å². The van der Waals surface area contributed by atoms with Gasteiger partial charge in [0.2, 0.25) is 0 Å². The summed E-state index contributed by atoms with van der Waals surface area (Å²) in [5.74, 6) is -0.883. The van der Waals surface area contributed by atoms with Gasteiger partial charge in [-0.25, -0.2) is 4.79 Å². The number of esters is 2. The zero-order valence-electron chi connectivity index (χ0n) is 45.8. The van der Waals surface area contributed by atoms with Gasteiger partial charge in [-0.2, -0.15) is 0 Å². The largest absolute Gasteiger partial charge is 0.462 e. The molecule has 0 radical (unpaired) electrons. The fourth-order valence-corrected chi connectivity index (χ4v) is 8.63. The van der Waals surface area contributed by atoms with Crippen molar-refractivity contribution in [3.63, 3.8) is 0 Å². The average Bonchev–Trinajstić information content (AvgIpc) is 3.39. The molecule has 1 saturated heterocycles. The lowest BCUT2D eigenvalue weighted by atomic mass is 9.98. The number of hydrogen-bond acceptors (Lipinski definition) is 17. The molecule has 18 nitrogen and oxygen atoms in total. The fourth-order valence-electron chi connectivity index (χ4n) is 8.63. The normalized spacial score (nSPS) is 19.8. The molecule has 0 aromatic rings. The number of nitrogens with one attached hydrogen (secondary N) is 1. The van der Waals surface area contributed by atoms with Crippen LogP contribution in [0.25, 0.3) is 0 Å². The zero-order valence-corrected chi connectivity index (χ0v) is 45.8. The molecule has 0 aromatic carbocycles. The monoisotopic (exact) mass is 1060 g/mol. The molecule has 1 fully saturated rings. The van der Waals surface area contributed by atoms with Crippen LogP contribution in [0.1, 0.15) is 201 Å². The maximum absolute atomic E-state index is 13.0. The number of ether oxygens (including phenoxy) is 5. The summed E-state index contributed by atoms with van der Waals surface area (Å²) >= 11 is 0. The summed E-state index contributed by atoms with van der Waals surface area (Å²) in [5, 5.41) is 84.9. The van der Waals surface area contributed by atoms with Gasteiger partial charge in [-0.15, -0.1) is 0 Å². The van der Waals surface area contributed by atoms with E-state index in [4.69, 9.17) is 23.7 Å². The van der Waals surface area contributed by atoms with Crippen molar-refractivity contribution >= 4 is 18.0 Å². The maximum atomic E-state index is 13.0. The van der Waals surface area contributed by atoms with Gasteiger partial charge in [-0.3, -0.25) is 14.5 Å². The van der Waals surface area contributed by atoms with Crippen LogP contribution in [0.4, 0.5) is 4.79 Å². The van der Waals surface area contributed by atoms with Crippen LogP contribution in [0, 0.1) is 0 Å². The first-order valence-corrected chi connectivity index (χ1v) is 28.7. The van der Waals surface area contributed by atoms with E-state index in [1.165, 1.54) is 77.0 Å². The van der Waals surface area contributed by atoms with Gasteiger partial charge < -0.3 is 69.9 Å². The van der Waals surface area contributed by atoms with Gasteiger partial charge in [0.05, 0.1) is 19.3 Å². The highest BCUT2D eigenvalue weighted by atomic mass is 16.7. The molecule has 9 N–H and O–H groups in total. The van der Waals surface area contributed by atoms with E-state index in [9.17, 15) is 55.2 Å². The van der Waals surface area contributed by atoms with Crippen LogP contribution in [0.2, 0.25) is 0 Å². The van der Waals surface area contributed by atoms with Gasteiger partial charge >= 0.3 is 18.0 Å². The second-order valence-electron chi connectivity index (χ2n) is 20.0. The van der Waals surface area contributed by atoms with Gasteiger partial charge in [0.15, 0.2) is 12.4 Å². The van der Waals surface area contributed by atoms with Crippen LogP contribution in [0.15, 0.2) is 24.3 Å². The topological polar surface area (TPSA) is 274 Å². The number of carbonyl (C=O) groups excluding carboxylic acids is 3. The number of unbranched alkanes of at least 4 members (excludes halogenated alkanes) is 22. The number of nitrogens with zero attached hydrogens (tertiary/aromatic N) is 1. The Kier molecular flexibility index (Phi) is 43.4. The molecule has 1 aliphatic rings. The van der Waals surface area contributed by atoms with Crippen molar-refractivity contribution < 1.29 is 78.9 Å². The van der Waals surface area contributed by atoms with Crippen LogP contribution in [0.3, 0.4) is 0 Å². The second kappa shape index (κ2) is 46.4. The van der Waals surface area contributed by atoms with Crippen molar-refractivity contribution in [1.29, 1.82) is 0 Å². The smallest absolute Gasteiger partial charge is 0.407 e. The van der Waals surface area contributed by atoms with Crippen LogP contribution in [-0.2, 0) is 33.3 Å². The molecule has 0 bridgehead atoms. The Labute approximate surface area is 444 Å². The number of carbonyl (C=O) groups is 3. The second-order valence-corrected chi connectivity index (χ2v) is 20.0. The Morgan fingerprint density at radius 1 is 0.595 bits per heavy atom. The lowest BCUT2D eigenvalue weighted by Gasteiger charge is -2.42. The van der Waals surface area contributed by atoms with Gasteiger partial charge in [0.25, 0.3) is 0 Å². The summed E-state index contributed by atoms with van der Waals surface area (Å²) in [5.41, 5.74) is 0. The number of rotatable bonds is 48. The van der Waals surface area contributed by atoms with Crippen molar-refractivity contribution in [2.24, 2.45) is 0 Å². The van der Waals surface area contributed by atoms with Gasteiger partial charge in [0.1, 0.15) is 55.9 Å². The molecular formula is C56H104N2O16. The van der Waals surface area contributed by atoms with Crippen molar-refractivity contribution in [3.8, 4) is 0 Å². The molecule has 0 spiro atoms. The number of alkyl carbamates (subject to hydrolysis) is 1. The minimum Gasteiger partial charge on any atom is -0.462 e. The SMILES string of the molecule is CCCCCCCC/C=C\CCCCCCCC(=O)OCC(COC(=O)CCCCCCC/C=C\CCCCCCCC)OC(=O)NCCN(CC)C[C@H](O)[C@@H](O)[C@H](O[C@@H]1O[C@H](CO)[C@H](O)[C@H](O)[C@H]1O)[C@H](O)CO. The zero-order chi connectivity index (χ0) is 54.6. The van der Waals surface area contributed by atoms with Gasteiger partial charge in [0, 0.05) is 32.5 Å². The maximum Gasteiger partial charge on any atom is 0.407 e. The predicted molar refractivity (Wildman–Crippen MR) is 285 cm³/mol. The third-order valence-corrected chi connectivity index (χ3v) is 13.4. The minimum atomic E-state index is -1.88. The van der Waals surface area contributed by atoms with Crippen LogP contribution in [0.5, 0.6) is 0 Å². The van der Waals surface area contributed by atoms with E-state index < -0.39 is 92.5 Å². The van der Waals surface area contributed by atoms with E-state index in [-0.39, 0.29) is 45.7 Å². The summed E-state index contributed by atoms with van der Waals surface area (Å²) in [7, 11) is 0. The van der Waals surface area contributed by atoms with Gasteiger partial charge in [-0.05, 0) is 70.8 Å². The number of hydrogen-bond donors (Lipinski definition) is 9. The molecule has 1 rings (SSSR count). The first kappa shape index (κ1) is 69.3. The lowest BCUT2D eigenvalue weighted by molar-refractivity contribution is -0.327. The first-order chi connectivity index (χ1) is 35.8. The Balaban J connectivity index is 2.64. The quantitative estimate of drug-likeness (QED) is 0.0131. The van der Waals surface area contributed by atoms with E-state index in [0.717, 1.165) is 77.0 Å². The fraction of sp³-hybridized carbons (Fsp3) is 0.875. The number of aliphatic hydroxyl groups excluding tert-OH is 8.